The van der Waals surface area contributed by atoms with E-state index in [9.17, 15) is 9.59 Å². The zero-order chi connectivity index (χ0) is 20.4. The highest BCUT2D eigenvalue weighted by atomic mass is 35.5. The maximum absolute atomic E-state index is 12.6. The summed E-state index contributed by atoms with van der Waals surface area (Å²) in [5, 5.41) is 4.09. The Hall–Kier alpha value is -3.57. The molecule has 0 radical (unpaired) electrons. The van der Waals surface area contributed by atoms with Crippen LogP contribution in [0.15, 0.2) is 82.0 Å². The number of carbonyl (C=O) groups is 1. The lowest BCUT2D eigenvalue weighted by molar-refractivity contribution is 0.102. The van der Waals surface area contributed by atoms with Crippen molar-refractivity contribution in [2.75, 3.05) is 12.4 Å². The zero-order valence-electron chi connectivity index (χ0n) is 15.4. The average molecular weight is 406 g/mol. The lowest BCUT2D eigenvalue weighted by Gasteiger charge is -2.12. The van der Waals surface area contributed by atoms with E-state index in [1.807, 2.05) is 18.2 Å². The van der Waals surface area contributed by atoms with Gasteiger partial charge in [0.1, 0.15) is 11.3 Å². The molecule has 5 nitrogen and oxygen atoms in total. The Morgan fingerprint density at radius 3 is 2.62 bits per heavy atom. The molecule has 0 unspecified atom stereocenters. The monoisotopic (exact) mass is 405 g/mol. The Morgan fingerprint density at radius 2 is 1.83 bits per heavy atom. The molecule has 0 aliphatic carbocycles. The number of ether oxygens (including phenoxy) is 1. The third-order valence-corrected chi connectivity index (χ3v) is 4.72. The minimum Gasteiger partial charge on any atom is -0.495 e. The second-order valence-electron chi connectivity index (χ2n) is 6.36. The SMILES string of the molecule is COc1ccc(-c2cc3ccccc3oc2=O)cc1NC(=O)c1cccc(Cl)c1. The summed E-state index contributed by atoms with van der Waals surface area (Å²) in [5.41, 5.74) is 1.90. The molecule has 1 N–H and O–H groups in total. The number of carbonyl (C=O) groups excluding carboxylic acids is 1. The van der Waals surface area contributed by atoms with Crippen molar-refractivity contribution in [3.63, 3.8) is 0 Å². The smallest absolute Gasteiger partial charge is 0.344 e. The first kappa shape index (κ1) is 18.8. The minimum absolute atomic E-state index is 0.339. The van der Waals surface area contributed by atoms with Gasteiger partial charge in [0.25, 0.3) is 5.91 Å². The van der Waals surface area contributed by atoms with Gasteiger partial charge in [-0.3, -0.25) is 4.79 Å². The standard InChI is InChI=1S/C23H16ClNO4/c1-28-21-10-9-14(18-12-15-5-2-3-8-20(15)29-23(18)27)13-19(21)25-22(26)16-6-4-7-17(24)11-16/h2-13H,1H3,(H,25,26). The Balaban J connectivity index is 1.75. The van der Waals surface area contributed by atoms with Gasteiger partial charge in [0.05, 0.1) is 18.4 Å². The fourth-order valence-corrected chi connectivity index (χ4v) is 3.25. The highest BCUT2D eigenvalue weighted by Crippen LogP contribution is 2.31. The molecular formula is C23H16ClNO4. The number of amides is 1. The number of benzene rings is 3. The van der Waals surface area contributed by atoms with E-state index in [2.05, 4.69) is 5.32 Å². The van der Waals surface area contributed by atoms with Gasteiger partial charge in [0.2, 0.25) is 0 Å². The number of halogens is 1. The lowest BCUT2D eigenvalue weighted by Crippen LogP contribution is -2.13. The molecule has 0 aliphatic heterocycles. The molecule has 0 spiro atoms. The van der Waals surface area contributed by atoms with Crippen molar-refractivity contribution in [1.29, 1.82) is 0 Å². The van der Waals surface area contributed by atoms with E-state index in [0.717, 1.165) is 5.39 Å². The summed E-state index contributed by atoms with van der Waals surface area (Å²) >= 11 is 5.97. The molecule has 0 bridgehead atoms. The summed E-state index contributed by atoms with van der Waals surface area (Å²) in [4.78, 5) is 25.1. The third-order valence-electron chi connectivity index (χ3n) is 4.49. The molecule has 3 aromatic carbocycles. The lowest BCUT2D eigenvalue weighted by atomic mass is 10.0. The number of nitrogens with one attached hydrogen (secondary N) is 1. The number of methoxy groups -OCH3 is 1. The molecule has 1 aromatic heterocycles. The Labute approximate surface area is 171 Å². The van der Waals surface area contributed by atoms with Gasteiger partial charge in [-0.2, -0.15) is 0 Å². The van der Waals surface area contributed by atoms with Crippen LogP contribution in [0.25, 0.3) is 22.1 Å². The van der Waals surface area contributed by atoms with Crippen LogP contribution >= 0.6 is 11.6 Å². The second-order valence-corrected chi connectivity index (χ2v) is 6.80. The van der Waals surface area contributed by atoms with Crippen molar-refractivity contribution in [2.24, 2.45) is 0 Å². The fraction of sp³-hybridized carbons (Fsp3) is 0.0435. The van der Waals surface area contributed by atoms with E-state index in [-0.39, 0.29) is 5.91 Å². The molecule has 0 saturated carbocycles. The van der Waals surface area contributed by atoms with Crippen molar-refractivity contribution >= 4 is 34.2 Å². The van der Waals surface area contributed by atoms with Crippen LogP contribution < -0.4 is 15.7 Å². The van der Waals surface area contributed by atoms with Crippen molar-refractivity contribution in [3.05, 3.63) is 93.8 Å². The van der Waals surface area contributed by atoms with E-state index in [0.29, 0.717) is 38.7 Å². The molecule has 1 heterocycles. The predicted octanol–water partition coefficient (Wildman–Crippen LogP) is 5.37. The Kier molecular flexibility index (Phi) is 5.06. The Morgan fingerprint density at radius 1 is 1.00 bits per heavy atom. The molecule has 4 aromatic rings. The highest BCUT2D eigenvalue weighted by Gasteiger charge is 2.14. The number of hydrogen-bond acceptors (Lipinski definition) is 4. The summed E-state index contributed by atoms with van der Waals surface area (Å²) < 4.78 is 10.8. The van der Waals surface area contributed by atoms with Crippen LogP contribution in [0.5, 0.6) is 5.75 Å². The first-order valence-electron chi connectivity index (χ1n) is 8.83. The molecule has 1 amide bonds. The number of rotatable bonds is 4. The molecule has 6 heteroatoms. The minimum atomic E-state index is -0.457. The van der Waals surface area contributed by atoms with Crippen LogP contribution in [0, 0.1) is 0 Å². The van der Waals surface area contributed by atoms with Crippen molar-refractivity contribution in [3.8, 4) is 16.9 Å². The van der Waals surface area contributed by atoms with Gasteiger partial charge in [-0.05, 0) is 48.0 Å². The number of anilines is 1. The summed E-state index contributed by atoms with van der Waals surface area (Å²) in [6, 6.07) is 20.8. The van der Waals surface area contributed by atoms with Crippen LogP contribution in [-0.2, 0) is 0 Å². The predicted molar refractivity (Wildman–Crippen MR) is 114 cm³/mol. The summed E-state index contributed by atoms with van der Waals surface area (Å²) in [7, 11) is 1.51. The summed E-state index contributed by atoms with van der Waals surface area (Å²) in [5.74, 6) is 0.128. The molecule has 0 saturated heterocycles. The van der Waals surface area contributed by atoms with Crippen LogP contribution in [0.2, 0.25) is 5.02 Å². The molecular weight excluding hydrogens is 390 g/mol. The largest absolute Gasteiger partial charge is 0.495 e. The fourth-order valence-electron chi connectivity index (χ4n) is 3.06. The number of hydrogen-bond donors (Lipinski definition) is 1. The maximum Gasteiger partial charge on any atom is 0.344 e. The number of para-hydroxylation sites is 1. The van der Waals surface area contributed by atoms with Gasteiger partial charge in [0, 0.05) is 16.0 Å². The second kappa shape index (κ2) is 7.81. The normalized spacial score (nSPS) is 10.7. The van der Waals surface area contributed by atoms with Crippen molar-refractivity contribution in [2.45, 2.75) is 0 Å². The molecule has 0 fully saturated rings. The van der Waals surface area contributed by atoms with Crippen LogP contribution in [-0.4, -0.2) is 13.0 Å². The van der Waals surface area contributed by atoms with E-state index in [1.54, 1.807) is 54.6 Å². The molecule has 144 valence electrons. The summed E-state index contributed by atoms with van der Waals surface area (Å²) in [6.45, 7) is 0. The third kappa shape index (κ3) is 3.86. The quantitative estimate of drug-likeness (QED) is 0.463. The van der Waals surface area contributed by atoms with Crippen LogP contribution in [0.1, 0.15) is 10.4 Å². The maximum atomic E-state index is 12.6. The Bertz CT molecular complexity index is 1280. The van der Waals surface area contributed by atoms with Gasteiger partial charge in [-0.15, -0.1) is 0 Å². The molecule has 4 rings (SSSR count). The van der Waals surface area contributed by atoms with Gasteiger partial charge in [0.15, 0.2) is 0 Å². The van der Waals surface area contributed by atoms with Crippen molar-refractivity contribution < 1.29 is 13.9 Å². The van der Waals surface area contributed by atoms with Crippen molar-refractivity contribution in [1.82, 2.24) is 0 Å². The first-order chi connectivity index (χ1) is 14.0. The summed E-state index contributed by atoms with van der Waals surface area (Å²) in [6.07, 6.45) is 0. The average Bonchev–Trinajstić information content (AvgIpc) is 2.73. The molecule has 0 atom stereocenters. The van der Waals surface area contributed by atoms with E-state index < -0.39 is 5.63 Å². The van der Waals surface area contributed by atoms with E-state index >= 15 is 0 Å². The zero-order valence-corrected chi connectivity index (χ0v) is 16.2. The van der Waals surface area contributed by atoms with Gasteiger partial charge in [-0.25, -0.2) is 4.79 Å². The molecule has 29 heavy (non-hydrogen) atoms. The van der Waals surface area contributed by atoms with Crippen LogP contribution in [0.4, 0.5) is 5.69 Å². The van der Waals surface area contributed by atoms with E-state index in [4.69, 9.17) is 20.8 Å². The first-order valence-corrected chi connectivity index (χ1v) is 9.21. The van der Waals surface area contributed by atoms with Gasteiger partial charge >= 0.3 is 5.63 Å². The highest BCUT2D eigenvalue weighted by molar-refractivity contribution is 6.31. The molecule has 0 aliphatic rings. The number of fused-ring (bicyclic) bond motifs is 1. The van der Waals surface area contributed by atoms with Gasteiger partial charge < -0.3 is 14.5 Å². The van der Waals surface area contributed by atoms with E-state index in [1.165, 1.54) is 7.11 Å². The topological polar surface area (TPSA) is 68.5 Å². The van der Waals surface area contributed by atoms with Gasteiger partial charge in [-0.1, -0.05) is 41.9 Å². The van der Waals surface area contributed by atoms with Crippen LogP contribution in [0.3, 0.4) is 0 Å².